The van der Waals surface area contributed by atoms with E-state index in [1.807, 2.05) is 20.8 Å². The number of hydrogen-bond acceptors (Lipinski definition) is 4. The Kier molecular flexibility index (Phi) is 3.74. The molecule has 2 aliphatic rings. The summed E-state index contributed by atoms with van der Waals surface area (Å²) < 4.78 is 10.5. The molecule has 108 valence electrons. The molecule has 2 bridgehead atoms. The quantitative estimate of drug-likeness (QED) is 0.722. The van der Waals surface area contributed by atoms with E-state index in [1.165, 1.54) is 0 Å². The summed E-state index contributed by atoms with van der Waals surface area (Å²) in [6.07, 6.45) is 2.45. The SMILES string of the molecule is CCOC(=O)C1C2CCC(C2)N1C(=O)OC(C)(C)C. The van der Waals surface area contributed by atoms with E-state index in [9.17, 15) is 9.59 Å². The maximum Gasteiger partial charge on any atom is 0.411 e. The van der Waals surface area contributed by atoms with E-state index in [4.69, 9.17) is 9.47 Å². The molecule has 3 unspecified atom stereocenters. The summed E-state index contributed by atoms with van der Waals surface area (Å²) in [6, 6.07) is -0.317. The van der Waals surface area contributed by atoms with Gasteiger partial charge in [0.15, 0.2) is 0 Å². The van der Waals surface area contributed by atoms with Crippen LogP contribution in [0.1, 0.15) is 47.0 Å². The molecule has 2 fully saturated rings. The number of esters is 1. The number of hydrogen-bond donors (Lipinski definition) is 0. The zero-order valence-electron chi connectivity index (χ0n) is 12.1. The number of amides is 1. The topological polar surface area (TPSA) is 55.8 Å². The van der Waals surface area contributed by atoms with Gasteiger partial charge in [-0.25, -0.2) is 9.59 Å². The number of fused-ring (bicyclic) bond motifs is 2. The molecule has 0 aromatic rings. The third-order valence-electron chi connectivity index (χ3n) is 3.72. The van der Waals surface area contributed by atoms with Crippen molar-refractivity contribution < 1.29 is 19.1 Å². The Morgan fingerprint density at radius 2 is 1.95 bits per heavy atom. The summed E-state index contributed by atoms with van der Waals surface area (Å²) in [5, 5.41) is 0. The lowest BCUT2D eigenvalue weighted by Gasteiger charge is -2.34. The molecule has 2 rings (SSSR count). The number of nitrogens with zero attached hydrogens (tertiary/aromatic N) is 1. The summed E-state index contributed by atoms with van der Waals surface area (Å²) in [5.74, 6) is -0.0582. The molecule has 1 aliphatic heterocycles. The van der Waals surface area contributed by atoms with E-state index in [0.717, 1.165) is 19.3 Å². The van der Waals surface area contributed by atoms with Crippen molar-refractivity contribution >= 4 is 12.1 Å². The first-order chi connectivity index (χ1) is 8.83. The summed E-state index contributed by atoms with van der Waals surface area (Å²) >= 11 is 0. The van der Waals surface area contributed by atoms with Gasteiger partial charge in [0, 0.05) is 6.04 Å². The normalized spacial score (nSPS) is 29.5. The van der Waals surface area contributed by atoms with Crippen molar-refractivity contribution in [3.05, 3.63) is 0 Å². The predicted molar refractivity (Wildman–Crippen MR) is 69.6 cm³/mol. The Hall–Kier alpha value is -1.26. The molecule has 1 amide bonds. The van der Waals surface area contributed by atoms with Gasteiger partial charge in [0.05, 0.1) is 6.61 Å². The zero-order chi connectivity index (χ0) is 14.2. The van der Waals surface area contributed by atoms with Gasteiger partial charge in [-0.2, -0.15) is 0 Å². The van der Waals surface area contributed by atoms with Gasteiger partial charge in [0.25, 0.3) is 0 Å². The minimum atomic E-state index is -0.544. The van der Waals surface area contributed by atoms with Crippen LogP contribution in [0.2, 0.25) is 0 Å². The highest BCUT2D eigenvalue weighted by Gasteiger charge is 2.53. The Balaban J connectivity index is 2.12. The van der Waals surface area contributed by atoms with Gasteiger partial charge in [0.2, 0.25) is 0 Å². The molecule has 3 atom stereocenters. The van der Waals surface area contributed by atoms with Crippen LogP contribution in [0.5, 0.6) is 0 Å². The second kappa shape index (κ2) is 5.02. The van der Waals surface area contributed by atoms with Crippen LogP contribution in [0, 0.1) is 5.92 Å². The fraction of sp³-hybridized carbons (Fsp3) is 0.857. The summed E-state index contributed by atoms with van der Waals surface area (Å²) in [5.41, 5.74) is -0.544. The first kappa shape index (κ1) is 14.2. The second-order valence-electron chi connectivity index (χ2n) is 6.31. The molecule has 0 N–H and O–H groups in total. The van der Waals surface area contributed by atoms with Crippen molar-refractivity contribution in [1.29, 1.82) is 0 Å². The molecule has 0 aromatic carbocycles. The van der Waals surface area contributed by atoms with Crippen LogP contribution in [0.3, 0.4) is 0 Å². The van der Waals surface area contributed by atoms with Gasteiger partial charge >= 0.3 is 12.1 Å². The Labute approximate surface area is 114 Å². The summed E-state index contributed by atoms with van der Waals surface area (Å²) in [6.45, 7) is 7.62. The van der Waals surface area contributed by atoms with Crippen LogP contribution >= 0.6 is 0 Å². The van der Waals surface area contributed by atoms with Crippen LogP contribution < -0.4 is 0 Å². The Morgan fingerprint density at radius 1 is 1.26 bits per heavy atom. The number of rotatable bonds is 2. The largest absolute Gasteiger partial charge is 0.464 e. The standard InChI is InChI=1S/C14H23NO4/c1-5-18-12(16)11-9-6-7-10(8-9)15(11)13(17)19-14(2,3)4/h9-11H,5-8H2,1-4H3. The lowest BCUT2D eigenvalue weighted by molar-refractivity contribution is -0.151. The predicted octanol–water partition coefficient (Wildman–Crippen LogP) is 2.34. The molecule has 5 nitrogen and oxygen atoms in total. The highest BCUT2D eigenvalue weighted by molar-refractivity contribution is 5.83. The highest BCUT2D eigenvalue weighted by atomic mass is 16.6. The lowest BCUT2D eigenvalue weighted by atomic mass is 9.99. The van der Waals surface area contributed by atoms with E-state index < -0.39 is 17.7 Å². The molecular weight excluding hydrogens is 246 g/mol. The molecule has 0 aromatic heterocycles. The third-order valence-corrected chi connectivity index (χ3v) is 3.72. The fourth-order valence-corrected chi connectivity index (χ4v) is 3.10. The fourth-order valence-electron chi connectivity index (χ4n) is 3.10. The monoisotopic (exact) mass is 269 g/mol. The molecule has 0 spiro atoms. The van der Waals surface area contributed by atoms with Crippen molar-refractivity contribution in [1.82, 2.24) is 4.90 Å². The first-order valence-electron chi connectivity index (χ1n) is 7.01. The van der Waals surface area contributed by atoms with E-state index >= 15 is 0 Å². The van der Waals surface area contributed by atoms with Gasteiger partial charge in [-0.3, -0.25) is 4.90 Å². The van der Waals surface area contributed by atoms with Crippen LogP contribution in [-0.2, 0) is 14.3 Å². The van der Waals surface area contributed by atoms with Crippen LogP contribution in [-0.4, -0.2) is 41.3 Å². The van der Waals surface area contributed by atoms with Crippen LogP contribution in [0.4, 0.5) is 4.79 Å². The van der Waals surface area contributed by atoms with Gasteiger partial charge < -0.3 is 9.47 Å². The van der Waals surface area contributed by atoms with Crippen molar-refractivity contribution in [3.8, 4) is 0 Å². The van der Waals surface area contributed by atoms with Crippen molar-refractivity contribution in [2.45, 2.75) is 64.6 Å². The molecule has 5 heteroatoms. The number of ether oxygens (including phenoxy) is 2. The average molecular weight is 269 g/mol. The second-order valence-corrected chi connectivity index (χ2v) is 6.31. The number of carbonyl (C=O) groups excluding carboxylic acids is 2. The summed E-state index contributed by atoms with van der Waals surface area (Å²) in [7, 11) is 0. The van der Waals surface area contributed by atoms with Gasteiger partial charge in [-0.05, 0) is 52.9 Å². The van der Waals surface area contributed by atoms with E-state index in [1.54, 1.807) is 11.8 Å². The van der Waals surface area contributed by atoms with Crippen molar-refractivity contribution in [3.63, 3.8) is 0 Å². The Morgan fingerprint density at radius 3 is 2.53 bits per heavy atom. The van der Waals surface area contributed by atoms with Gasteiger partial charge in [0.1, 0.15) is 11.6 Å². The summed E-state index contributed by atoms with van der Waals surface area (Å²) in [4.78, 5) is 25.9. The van der Waals surface area contributed by atoms with Gasteiger partial charge in [-0.1, -0.05) is 0 Å². The molecule has 1 aliphatic carbocycles. The average Bonchev–Trinajstić information content (AvgIpc) is 2.85. The molecular formula is C14H23NO4. The van der Waals surface area contributed by atoms with Crippen molar-refractivity contribution in [2.24, 2.45) is 5.92 Å². The van der Waals surface area contributed by atoms with E-state index in [-0.39, 0.29) is 17.9 Å². The molecule has 19 heavy (non-hydrogen) atoms. The number of carbonyl (C=O) groups is 2. The minimum Gasteiger partial charge on any atom is -0.464 e. The van der Waals surface area contributed by atoms with Crippen LogP contribution in [0.15, 0.2) is 0 Å². The molecule has 1 heterocycles. The molecule has 1 saturated heterocycles. The lowest BCUT2D eigenvalue weighted by Crippen LogP contribution is -2.51. The van der Waals surface area contributed by atoms with E-state index in [2.05, 4.69) is 0 Å². The van der Waals surface area contributed by atoms with Crippen LogP contribution in [0.25, 0.3) is 0 Å². The maximum absolute atomic E-state index is 12.3. The molecule has 0 radical (unpaired) electrons. The zero-order valence-corrected chi connectivity index (χ0v) is 12.1. The number of likely N-dealkylation sites (tertiary alicyclic amines) is 1. The van der Waals surface area contributed by atoms with Crippen molar-refractivity contribution in [2.75, 3.05) is 6.61 Å². The Bertz CT molecular complexity index is 374. The minimum absolute atomic E-state index is 0.134. The highest BCUT2D eigenvalue weighted by Crippen LogP contribution is 2.43. The number of piperidine rings is 1. The van der Waals surface area contributed by atoms with Gasteiger partial charge in [-0.15, -0.1) is 0 Å². The maximum atomic E-state index is 12.3. The first-order valence-corrected chi connectivity index (χ1v) is 7.01. The van der Waals surface area contributed by atoms with E-state index in [0.29, 0.717) is 6.61 Å². The third kappa shape index (κ3) is 2.85. The smallest absolute Gasteiger partial charge is 0.411 e. The molecule has 1 saturated carbocycles.